The average molecular weight is 245 g/mol. The van der Waals surface area contributed by atoms with Gasteiger partial charge in [0.2, 0.25) is 0 Å². The molecule has 86 valence electrons. The van der Waals surface area contributed by atoms with E-state index in [-0.39, 0.29) is 6.04 Å². The molecule has 17 heavy (non-hydrogen) atoms. The molecule has 0 bridgehead atoms. The molecule has 0 aliphatic carbocycles. The van der Waals surface area contributed by atoms with Gasteiger partial charge in [0.1, 0.15) is 0 Å². The minimum Gasteiger partial charge on any atom is -0.305 e. The molecule has 0 saturated carbocycles. The molecular formula is C14H13ClN2. The third-order valence-electron chi connectivity index (χ3n) is 3.15. The summed E-state index contributed by atoms with van der Waals surface area (Å²) >= 11 is 5.87. The fourth-order valence-electron chi connectivity index (χ4n) is 2.33. The Bertz CT molecular complexity index is 522. The van der Waals surface area contributed by atoms with Crippen LogP contribution in [-0.2, 0) is 6.42 Å². The van der Waals surface area contributed by atoms with Crippen molar-refractivity contribution >= 4 is 11.6 Å². The highest BCUT2D eigenvalue weighted by atomic mass is 35.5. The largest absolute Gasteiger partial charge is 0.305 e. The smallest absolute Gasteiger partial charge is 0.0754 e. The van der Waals surface area contributed by atoms with Gasteiger partial charge < -0.3 is 5.32 Å². The van der Waals surface area contributed by atoms with Crippen LogP contribution in [0.5, 0.6) is 0 Å². The summed E-state index contributed by atoms with van der Waals surface area (Å²) in [5.41, 5.74) is 3.77. The van der Waals surface area contributed by atoms with Crippen molar-refractivity contribution in [1.82, 2.24) is 10.3 Å². The van der Waals surface area contributed by atoms with Crippen molar-refractivity contribution in [3.8, 4) is 0 Å². The van der Waals surface area contributed by atoms with Gasteiger partial charge in [-0.15, -0.1) is 0 Å². The fourth-order valence-corrected chi connectivity index (χ4v) is 2.44. The van der Waals surface area contributed by atoms with Gasteiger partial charge in [0.25, 0.3) is 0 Å². The average Bonchev–Trinajstić information content (AvgIpc) is 2.39. The Labute approximate surface area is 106 Å². The van der Waals surface area contributed by atoms with Crippen molar-refractivity contribution in [3.63, 3.8) is 0 Å². The van der Waals surface area contributed by atoms with E-state index in [0.717, 1.165) is 18.7 Å². The first-order valence-corrected chi connectivity index (χ1v) is 6.15. The Morgan fingerprint density at radius 1 is 1.18 bits per heavy atom. The summed E-state index contributed by atoms with van der Waals surface area (Å²) in [5.74, 6) is 0. The number of pyridine rings is 1. The molecule has 1 aromatic heterocycles. The molecule has 1 aliphatic heterocycles. The van der Waals surface area contributed by atoms with E-state index in [1.807, 2.05) is 12.1 Å². The molecular weight excluding hydrogens is 232 g/mol. The van der Waals surface area contributed by atoms with Crippen LogP contribution in [0.3, 0.4) is 0 Å². The third kappa shape index (κ3) is 2.06. The number of aromatic nitrogens is 1. The summed E-state index contributed by atoms with van der Waals surface area (Å²) < 4.78 is 0. The topological polar surface area (TPSA) is 24.9 Å². The number of hydrogen-bond donors (Lipinski definition) is 1. The van der Waals surface area contributed by atoms with Crippen LogP contribution < -0.4 is 5.32 Å². The maximum atomic E-state index is 5.87. The van der Waals surface area contributed by atoms with E-state index in [4.69, 9.17) is 11.6 Å². The van der Waals surface area contributed by atoms with Crippen LogP contribution in [-0.4, -0.2) is 11.5 Å². The number of fused-ring (bicyclic) bond motifs is 1. The van der Waals surface area contributed by atoms with Gasteiger partial charge in [0, 0.05) is 12.7 Å². The lowest BCUT2D eigenvalue weighted by Gasteiger charge is -2.26. The number of benzene rings is 1. The van der Waals surface area contributed by atoms with Crippen LogP contribution in [0.1, 0.15) is 22.9 Å². The molecule has 2 nitrogen and oxygen atoms in total. The minimum atomic E-state index is 0.192. The highest BCUT2D eigenvalue weighted by molar-refractivity contribution is 6.30. The van der Waals surface area contributed by atoms with Crippen molar-refractivity contribution in [1.29, 1.82) is 0 Å². The first-order valence-electron chi connectivity index (χ1n) is 5.77. The molecule has 3 heteroatoms. The summed E-state index contributed by atoms with van der Waals surface area (Å²) in [5, 5.41) is 4.18. The molecule has 3 rings (SSSR count). The van der Waals surface area contributed by atoms with Crippen LogP contribution in [0.15, 0.2) is 42.6 Å². The van der Waals surface area contributed by atoms with Gasteiger partial charge in [-0.3, -0.25) is 4.98 Å². The minimum absolute atomic E-state index is 0.192. The normalized spacial score (nSPS) is 18.8. The van der Waals surface area contributed by atoms with E-state index in [1.54, 1.807) is 6.20 Å². The molecule has 0 amide bonds. The zero-order valence-electron chi connectivity index (χ0n) is 9.36. The molecule has 1 N–H and O–H groups in total. The Kier molecular flexibility index (Phi) is 2.83. The Balaban J connectivity index is 2.03. The van der Waals surface area contributed by atoms with E-state index in [0.29, 0.717) is 5.02 Å². The molecule has 0 unspecified atom stereocenters. The van der Waals surface area contributed by atoms with Gasteiger partial charge in [-0.05, 0) is 29.7 Å². The van der Waals surface area contributed by atoms with Crippen LogP contribution in [0.4, 0.5) is 0 Å². The van der Waals surface area contributed by atoms with Crippen molar-refractivity contribution in [2.45, 2.75) is 12.5 Å². The summed E-state index contributed by atoms with van der Waals surface area (Å²) in [6.07, 6.45) is 2.79. The number of rotatable bonds is 1. The molecule has 2 aromatic rings. The SMILES string of the molecule is Clc1ccc([C@H]2NCCc3ccccc32)nc1. The van der Waals surface area contributed by atoms with Gasteiger partial charge in [-0.1, -0.05) is 35.9 Å². The van der Waals surface area contributed by atoms with Crippen molar-refractivity contribution in [2.75, 3.05) is 6.54 Å². The first-order chi connectivity index (χ1) is 8.34. The van der Waals surface area contributed by atoms with E-state index in [9.17, 15) is 0 Å². The van der Waals surface area contributed by atoms with Gasteiger partial charge in [0.15, 0.2) is 0 Å². The molecule has 1 aromatic carbocycles. The lowest BCUT2D eigenvalue weighted by Crippen LogP contribution is -2.31. The second-order valence-corrected chi connectivity index (χ2v) is 4.67. The summed E-state index contributed by atoms with van der Waals surface area (Å²) in [4.78, 5) is 4.41. The lowest BCUT2D eigenvalue weighted by molar-refractivity contribution is 0.557. The van der Waals surface area contributed by atoms with Gasteiger partial charge >= 0.3 is 0 Å². The van der Waals surface area contributed by atoms with Gasteiger partial charge in [0.05, 0.1) is 16.8 Å². The maximum Gasteiger partial charge on any atom is 0.0754 e. The van der Waals surface area contributed by atoms with Crippen LogP contribution in [0.25, 0.3) is 0 Å². The first kappa shape index (κ1) is 10.8. The number of nitrogens with zero attached hydrogens (tertiary/aromatic N) is 1. The zero-order chi connectivity index (χ0) is 11.7. The molecule has 0 saturated heterocycles. The summed E-state index contributed by atoms with van der Waals surface area (Å²) in [6, 6.07) is 12.6. The van der Waals surface area contributed by atoms with E-state index < -0.39 is 0 Å². The zero-order valence-corrected chi connectivity index (χ0v) is 10.1. The molecule has 2 heterocycles. The van der Waals surface area contributed by atoms with Crippen molar-refractivity contribution in [3.05, 3.63) is 64.4 Å². The molecule has 0 spiro atoms. The van der Waals surface area contributed by atoms with Crippen LogP contribution in [0, 0.1) is 0 Å². The van der Waals surface area contributed by atoms with Gasteiger partial charge in [-0.2, -0.15) is 0 Å². The monoisotopic (exact) mass is 244 g/mol. The second-order valence-electron chi connectivity index (χ2n) is 4.24. The van der Waals surface area contributed by atoms with Crippen LogP contribution in [0.2, 0.25) is 5.02 Å². The van der Waals surface area contributed by atoms with Crippen molar-refractivity contribution in [2.24, 2.45) is 0 Å². The maximum absolute atomic E-state index is 5.87. The molecule has 0 radical (unpaired) electrons. The Hall–Kier alpha value is -1.38. The third-order valence-corrected chi connectivity index (χ3v) is 3.38. The molecule has 0 fully saturated rings. The predicted octanol–water partition coefficient (Wildman–Crippen LogP) is 2.97. The number of nitrogens with one attached hydrogen (secondary N) is 1. The summed E-state index contributed by atoms with van der Waals surface area (Å²) in [7, 11) is 0. The molecule has 1 atom stereocenters. The number of hydrogen-bond acceptors (Lipinski definition) is 2. The Morgan fingerprint density at radius 3 is 2.88 bits per heavy atom. The standard InChI is InChI=1S/C14H13ClN2/c15-11-5-6-13(17-9-11)14-12-4-2-1-3-10(12)7-8-16-14/h1-6,9,14,16H,7-8H2/t14-/m0/s1. The number of halogens is 1. The summed E-state index contributed by atoms with van der Waals surface area (Å²) in [6.45, 7) is 0.992. The predicted molar refractivity (Wildman–Crippen MR) is 69.2 cm³/mol. The second kappa shape index (κ2) is 4.47. The fraction of sp³-hybridized carbons (Fsp3) is 0.214. The lowest BCUT2D eigenvalue weighted by atomic mass is 9.92. The quantitative estimate of drug-likeness (QED) is 0.834. The van der Waals surface area contributed by atoms with E-state index >= 15 is 0 Å². The van der Waals surface area contributed by atoms with Gasteiger partial charge in [-0.25, -0.2) is 0 Å². The highest BCUT2D eigenvalue weighted by Gasteiger charge is 2.21. The van der Waals surface area contributed by atoms with Crippen LogP contribution >= 0.6 is 11.6 Å². The van der Waals surface area contributed by atoms with E-state index in [2.05, 4.69) is 34.6 Å². The van der Waals surface area contributed by atoms with Crippen molar-refractivity contribution < 1.29 is 0 Å². The molecule has 1 aliphatic rings. The van der Waals surface area contributed by atoms with E-state index in [1.165, 1.54) is 11.1 Å². The highest BCUT2D eigenvalue weighted by Crippen LogP contribution is 2.27. The Morgan fingerprint density at radius 2 is 2.06 bits per heavy atom.